The van der Waals surface area contributed by atoms with E-state index >= 15 is 0 Å². The molecule has 150 valence electrons. The molecule has 0 radical (unpaired) electrons. The van der Waals surface area contributed by atoms with Crippen molar-refractivity contribution in [3.8, 4) is 5.69 Å². The molecule has 3 aromatic rings. The number of carbonyl (C=O) groups excluding carboxylic acids is 1. The van der Waals surface area contributed by atoms with Gasteiger partial charge in [0.1, 0.15) is 5.69 Å². The number of amides is 1. The van der Waals surface area contributed by atoms with Crippen molar-refractivity contribution in [1.29, 1.82) is 0 Å². The van der Waals surface area contributed by atoms with Gasteiger partial charge in [0.25, 0.3) is 16.1 Å². The fourth-order valence-electron chi connectivity index (χ4n) is 3.09. The minimum Gasteiger partial charge on any atom is -0.347 e. The molecule has 0 aliphatic heterocycles. The molecule has 4 N–H and O–H groups in total. The highest BCUT2D eigenvalue weighted by atomic mass is 32.2. The normalized spacial score (nSPS) is 13.8. The van der Waals surface area contributed by atoms with E-state index in [1.165, 1.54) is 0 Å². The highest BCUT2D eigenvalue weighted by Gasteiger charge is 2.29. The molecule has 9 heteroatoms. The second-order valence-electron chi connectivity index (χ2n) is 7.01. The lowest BCUT2D eigenvalue weighted by atomic mass is 10.2. The molecule has 1 fully saturated rings. The molecule has 1 amide bonds. The monoisotopic (exact) mass is 411 g/mol. The number of aromatic nitrogens is 2. The second kappa shape index (κ2) is 7.69. The molecule has 0 unspecified atom stereocenters. The summed E-state index contributed by atoms with van der Waals surface area (Å²) in [7, 11) is -3.85. The van der Waals surface area contributed by atoms with E-state index in [0.717, 1.165) is 29.8 Å². The van der Waals surface area contributed by atoms with Gasteiger partial charge in [0.2, 0.25) is 0 Å². The maximum atomic E-state index is 12.9. The number of nitrogens with two attached hydrogens (primary N) is 1. The quantitative estimate of drug-likeness (QED) is 0.553. The van der Waals surface area contributed by atoms with E-state index in [1.54, 1.807) is 28.9 Å². The van der Waals surface area contributed by atoms with Crippen LogP contribution in [0.15, 0.2) is 60.7 Å². The standard InChI is InChI=1S/C20H21N5O3S/c21-29(27,28)24-16-6-4-5-14(11-16)13-22-20(26)19-12-18(15-9-10-15)23-25(19)17-7-2-1-3-8-17/h1-8,11-12,15,24H,9-10,13H2,(H,22,26)(H2,21,27,28). The number of nitrogens with one attached hydrogen (secondary N) is 2. The third-order valence-electron chi connectivity index (χ3n) is 4.60. The molecule has 1 aromatic heterocycles. The molecule has 0 spiro atoms. The highest BCUT2D eigenvalue weighted by molar-refractivity contribution is 7.90. The second-order valence-corrected chi connectivity index (χ2v) is 8.30. The van der Waals surface area contributed by atoms with Gasteiger partial charge in [-0.05, 0) is 48.7 Å². The third kappa shape index (κ3) is 4.82. The summed E-state index contributed by atoms with van der Waals surface area (Å²) in [6, 6.07) is 18.1. The smallest absolute Gasteiger partial charge is 0.296 e. The molecule has 1 saturated carbocycles. The molecule has 0 bridgehead atoms. The Morgan fingerprint density at radius 3 is 2.55 bits per heavy atom. The first kappa shape index (κ1) is 19.2. The lowest BCUT2D eigenvalue weighted by Crippen LogP contribution is -2.25. The summed E-state index contributed by atoms with van der Waals surface area (Å²) in [5, 5.41) is 12.5. The van der Waals surface area contributed by atoms with Crippen LogP contribution in [0.3, 0.4) is 0 Å². The van der Waals surface area contributed by atoms with Gasteiger partial charge in [-0.1, -0.05) is 30.3 Å². The first-order valence-electron chi connectivity index (χ1n) is 9.22. The van der Waals surface area contributed by atoms with Crippen molar-refractivity contribution in [2.75, 3.05) is 4.72 Å². The van der Waals surface area contributed by atoms with E-state index in [0.29, 0.717) is 17.3 Å². The summed E-state index contributed by atoms with van der Waals surface area (Å²) < 4.78 is 26.3. The minimum atomic E-state index is -3.85. The van der Waals surface area contributed by atoms with E-state index in [1.807, 2.05) is 36.4 Å². The van der Waals surface area contributed by atoms with Gasteiger partial charge in [0, 0.05) is 12.5 Å². The van der Waals surface area contributed by atoms with E-state index in [-0.39, 0.29) is 12.5 Å². The molecule has 1 heterocycles. The molecule has 0 saturated heterocycles. The maximum Gasteiger partial charge on any atom is 0.296 e. The number of nitrogens with zero attached hydrogens (tertiary/aromatic N) is 2. The average Bonchev–Trinajstić information content (AvgIpc) is 3.44. The van der Waals surface area contributed by atoms with Crippen LogP contribution in [0, 0.1) is 0 Å². The van der Waals surface area contributed by atoms with Gasteiger partial charge in [-0.3, -0.25) is 9.52 Å². The van der Waals surface area contributed by atoms with Crippen molar-refractivity contribution < 1.29 is 13.2 Å². The molecule has 2 aromatic carbocycles. The molecule has 4 rings (SSSR count). The van der Waals surface area contributed by atoms with Crippen molar-refractivity contribution in [2.45, 2.75) is 25.3 Å². The Hall–Kier alpha value is -3.17. The Bertz CT molecular complexity index is 1140. The fourth-order valence-corrected chi connectivity index (χ4v) is 3.54. The topological polar surface area (TPSA) is 119 Å². The number of rotatable bonds is 7. The van der Waals surface area contributed by atoms with E-state index in [9.17, 15) is 13.2 Å². The van der Waals surface area contributed by atoms with E-state index in [4.69, 9.17) is 5.14 Å². The largest absolute Gasteiger partial charge is 0.347 e. The zero-order valence-corrected chi connectivity index (χ0v) is 16.4. The fraction of sp³-hybridized carbons (Fsp3) is 0.200. The van der Waals surface area contributed by atoms with Crippen LogP contribution in [-0.2, 0) is 16.8 Å². The SMILES string of the molecule is NS(=O)(=O)Nc1cccc(CNC(=O)c2cc(C3CC3)nn2-c2ccccc2)c1. The van der Waals surface area contributed by atoms with Crippen LogP contribution in [0.1, 0.15) is 40.5 Å². The summed E-state index contributed by atoms with van der Waals surface area (Å²) >= 11 is 0. The molecule has 8 nitrogen and oxygen atoms in total. The maximum absolute atomic E-state index is 12.9. The number of benzene rings is 2. The Labute approximate surface area is 168 Å². The summed E-state index contributed by atoms with van der Waals surface area (Å²) in [5.74, 6) is 0.172. The summed E-state index contributed by atoms with van der Waals surface area (Å²) in [6.45, 7) is 0.234. The zero-order valence-electron chi connectivity index (χ0n) is 15.6. The van der Waals surface area contributed by atoms with Gasteiger partial charge in [0.15, 0.2) is 0 Å². The van der Waals surface area contributed by atoms with Gasteiger partial charge in [-0.15, -0.1) is 0 Å². The molecule has 0 atom stereocenters. The van der Waals surface area contributed by atoms with Crippen molar-refractivity contribution >= 4 is 21.8 Å². The van der Waals surface area contributed by atoms with Gasteiger partial charge in [0.05, 0.1) is 17.1 Å². The minimum absolute atomic E-state index is 0.234. The molecule has 29 heavy (non-hydrogen) atoms. The average molecular weight is 411 g/mol. The van der Waals surface area contributed by atoms with Crippen molar-refractivity contribution in [1.82, 2.24) is 15.1 Å². The van der Waals surface area contributed by atoms with Crippen molar-refractivity contribution in [3.05, 3.63) is 77.6 Å². The number of carbonyl (C=O) groups is 1. The summed E-state index contributed by atoms with van der Waals surface area (Å²) in [6.07, 6.45) is 2.19. The number of hydrogen-bond acceptors (Lipinski definition) is 4. The number of hydrogen-bond donors (Lipinski definition) is 3. The number of para-hydroxylation sites is 1. The Morgan fingerprint density at radius 1 is 1.10 bits per heavy atom. The molecule has 1 aliphatic rings. The van der Waals surface area contributed by atoms with Crippen LogP contribution >= 0.6 is 0 Å². The lowest BCUT2D eigenvalue weighted by Gasteiger charge is -2.10. The molecule has 1 aliphatic carbocycles. The van der Waals surface area contributed by atoms with Gasteiger partial charge in [-0.25, -0.2) is 9.82 Å². The van der Waals surface area contributed by atoms with Crippen molar-refractivity contribution in [2.24, 2.45) is 5.14 Å². The van der Waals surface area contributed by atoms with Crippen LogP contribution < -0.4 is 15.2 Å². The van der Waals surface area contributed by atoms with Crippen molar-refractivity contribution in [3.63, 3.8) is 0 Å². The molecular formula is C20H21N5O3S. The lowest BCUT2D eigenvalue weighted by molar-refractivity contribution is 0.0943. The van der Waals surface area contributed by atoms with Crippen LogP contribution in [0.25, 0.3) is 5.69 Å². The first-order valence-corrected chi connectivity index (χ1v) is 10.8. The van der Waals surface area contributed by atoms with Crippen LogP contribution in [-0.4, -0.2) is 24.1 Å². The predicted octanol–water partition coefficient (Wildman–Crippen LogP) is 2.30. The highest BCUT2D eigenvalue weighted by Crippen LogP contribution is 2.39. The van der Waals surface area contributed by atoms with Gasteiger partial charge < -0.3 is 5.32 Å². The summed E-state index contributed by atoms with van der Waals surface area (Å²) in [5.41, 5.74) is 3.30. The Balaban J connectivity index is 1.53. The summed E-state index contributed by atoms with van der Waals surface area (Å²) in [4.78, 5) is 12.9. The van der Waals surface area contributed by atoms with E-state index in [2.05, 4.69) is 15.1 Å². The Kier molecular flexibility index (Phi) is 5.08. The van der Waals surface area contributed by atoms with Gasteiger partial charge >= 0.3 is 0 Å². The van der Waals surface area contributed by atoms with Crippen LogP contribution in [0.2, 0.25) is 0 Å². The number of anilines is 1. The predicted molar refractivity (Wildman–Crippen MR) is 110 cm³/mol. The first-order chi connectivity index (χ1) is 13.9. The van der Waals surface area contributed by atoms with Crippen LogP contribution in [0.4, 0.5) is 5.69 Å². The molecular weight excluding hydrogens is 390 g/mol. The van der Waals surface area contributed by atoms with Crippen LogP contribution in [0.5, 0.6) is 0 Å². The zero-order chi connectivity index (χ0) is 20.4. The van der Waals surface area contributed by atoms with E-state index < -0.39 is 10.2 Å². The van der Waals surface area contributed by atoms with Gasteiger partial charge in [-0.2, -0.15) is 13.5 Å². The third-order valence-corrected chi connectivity index (χ3v) is 5.12. The Morgan fingerprint density at radius 2 is 1.86 bits per heavy atom.